The minimum Gasteiger partial charge on any atom is -0.458 e. The number of allylic oxidation sites excluding steroid dienone is 1. The van der Waals surface area contributed by atoms with Crippen LogP contribution in [-0.4, -0.2) is 12.1 Å². The van der Waals surface area contributed by atoms with Crippen LogP contribution in [0.2, 0.25) is 0 Å². The van der Waals surface area contributed by atoms with E-state index < -0.39 is 18.6 Å². The number of rotatable bonds is 4. The molecule has 0 saturated heterocycles. The van der Waals surface area contributed by atoms with Crippen molar-refractivity contribution in [3.05, 3.63) is 47.5 Å². The molecule has 98 valence electrons. The fourth-order valence-electron chi connectivity index (χ4n) is 1.34. The molecule has 0 radical (unpaired) electrons. The first-order chi connectivity index (χ1) is 8.37. The first-order valence-electron chi connectivity index (χ1n) is 5.31. The lowest BCUT2D eigenvalue weighted by Gasteiger charge is -2.06. The Balaban J connectivity index is 2.44. The monoisotopic (exact) mass is 258 g/mol. The Morgan fingerprint density at radius 1 is 1.28 bits per heavy atom. The predicted octanol–water partition coefficient (Wildman–Crippen LogP) is 3.63. The molecule has 0 amide bonds. The standard InChI is InChI=1S/C13H13F3O2/c1-10(8-13(14,15)16)7-12(17)18-9-11-5-3-2-4-6-11/h2-7H,8-9H2,1H3/b10-7+. The van der Waals surface area contributed by atoms with Gasteiger partial charge >= 0.3 is 12.1 Å². The number of hydrogen-bond donors (Lipinski definition) is 0. The summed E-state index contributed by atoms with van der Waals surface area (Å²) < 4.78 is 40.9. The summed E-state index contributed by atoms with van der Waals surface area (Å²) >= 11 is 0. The second-order valence-corrected chi connectivity index (χ2v) is 3.88. The van der Waals surface area contributed by atoms with Gasteiger partial charge in [-0.25, -0.2) is 4.79 Å². The zero-order valence-electron chi connectivity index (χ0n) is 9.83. The molecule has 0 bridgehead atoms. The Kier molecular flexibility index (Phi) is 4.95. The van der Waals surface area contributed by atoms with Crippen LogP contribution in [0.4, 0.5) is 13.2 Å². The smallest absolute Gasteiger partial charge is 0.392 e. The van der Waals surface area contributed by atoms with E-state index in [0.29, 0.717) is 0 Å². The fourth-order valence-corrected chi connectivity index (χ4v) is 1.34. The Morgan fingerprint density at radius 3 is 2.44 bits per heavy atom. The van der Waals surface area contributed by atoms with Crippen LogP contribution in [0.25, 0.3) is 0 Å². The summed E-state index contributed by atoms with van der Waals surface area (Å²) in [5.41, 5.74) is 0.716. The Labute approximate surface area is 103 Å². The molecule has 0 aliphatic heterocycles. The van der Waals surface area contributed by atoms with Crippen molar-refractivity contribution in [2.75, 3.05) is 0 Å². The van der Waals surface area contributed by atoms with Crippen molar-refractivity contribution in [1.29, 1.82) is 0 Å². The topological polar surface area (TPSA) is 26.3 Å². The summed E-state index contributed by atoms with van der Waals surface area (Å²) in [4.78, 5) is 11.2. The van der Waals surface area contributed by atoms with E-state index in [1.165, 1.54) is 6.92 Å². The van der Waals surface area contributed by atoms with Crippen LogP contribution >= 0.6 is 0 Å². The molecular weight excluding hydrogens is 245 g/mol. The molecule has 0 aliphatic rings. The molecule has 2 nitrogen and oxygen atoms in total. The van der Waals surface area contributed by atoms with Gasteiger partial charge in [-0.2, -0.15) is 13.2 Å². The number of esters is 1. The van der Waals surface area contributed by atoms with E-state index in [2.05, 4.69) is 0 Å². The summed E-state index contributed by atoms with van der Waals surface area (Å²) in [6.07, 6.45) is -4.54. The van der Waals surface area contributed by atoms with E-state index in [1.807, 2.05) is 6.07 Å². The minimum atomic E-state index is -4.31. The molecule has 5 heteroatoms. The van der Waals surface area contributed by atoms with Gasteiger partial charge in [0.2, 0.25) is 0 Å². The quantitative estimate of drug-likeness (QED) is 0.609. The normalized spacial score (nSPS) is 12.3. The zero-order chi connectivity index (χ0) is 13.6. The molecule has 0 N–H and O–H groups in total. The number of halogens is 3. The van der Waals surface area contributed by atoms with Gasteiger partial charge in [0, 0.05) is 6.08 Å². The molecule has 0 spiro atoms. The number of alkyl halides is 3. The maximum Gasteiger partial charge on any atom is 0.392 e. The van der Waals surface area contributed by atoms with Crippen LogP contribution in [0, 0.1) is 0 Å². The number of hydrogen-bond acceptors (Lipinski definition) is 2. The highest BCUT2D eigenvalue weighted by Crippen LogP contribution is 2.23. The third-order valence-corrected chi connectivity index (χ3v) is 2.07. The van der Waals surface area contributed by atoms with E-state index in [1.54, 1.807) is 24.3 Å². The third-order valence-electron chi connectivity index (χ3n) is 2.07. The van der Waals surface area contributed by atoms with E-state index in [4.69, 9.17) is 4.74 Å². The SMILES string of the molecule is C/C(=C\C(=O)OCc1ccccc1)CC(F)(F)F. The summed E-state index contributed by atoms with van der Waals surface area (Å²) in [7, 11) is 0. The number of carbonyl (C=O) groups is 1. The molecule has 0 fully saturated rings. The van der Waals surface area contributed by atoms with Gasteiger partial charge in [-0.15, -0.1) is 0 Å². The Hall–Kier alpha value is -1.78. The summed E-state index contributed by atoms with van der Waals surface area (Å²) in [5, 5.41) is 0. The molecule has 0 saturated carbocycles. The van der Waals surface area contributed by atoms with Crippen molar-refractivity contribution < 1.29 is 22.7 Å². The second kappa shape index (κ2) is 6.23. The Morgan fingerprint density at radius 2 is 1.89 bits per heavy atom. The minimum absolute atomic E-state index is 0.0511. The van der Waals surface area contributed by atoms with E-state index >= 15 is 0 Å². The van der Waals surface area contributed by atoms with Crippen LogP contribution in [-0.2, 0) is 16.1 Å². The summed E-state index contributed by atoms with van der Waals surface area (Å²) in [5.74, 6) is -0.763. The van der Waals surface area contributed by atoms with Gasteiger partial charge in [0.05, 0.1) is 6.42 Å². The van der Waals surface area contributed by atoms with Gasteiger partial charge in [-0.3, -0.25) is 0 Å². The number of carbonyl (C=O) groups excluding carboxylic acids is 1. The summed E-state index contributed by atoms with van der Waals surface area (Å²) in [6.45, 7) is 1.30. The third kappa shape index (κ3) is 6.08. The van der Waals surface area contributed by atoms with Crippen molar-refractivity contribution >= 4 is 5.97 Å². The van der Waals surface area contributed by atoms with E-state index in [-0.39, 0.29) is 12.2 Å². The molecule has 1 aromatic carbocycles. The van der Waals surface area contributed by atoms with Crippen molar-refractivity contribution in [2.45, 2.75) is 26.1 Å². The number of ether oxygens (including phenoxy) is 1. The van der Waals surface area contributed by atoms with Crippen LogP contribution < -0.4 is 0 Å². The highest BCUT2D eigenvalue weighted by molar-refractivity contribution is 5.82. The van der Waals surface area contributed by atoms with Gasteiger partial charge in [-0.05, 0) is 12.5 Å². The van der Waals surface area contributed by atoms with Crippen molar-refractivity contribution in [2.24, 2.45) is 0 Å². The largest absolute Gasteiger partial charge is 0.458 e. The molecular formula is C13H13F3O2. The Bertz CT molecular complexity index is 422. The fraction of sp³-hybridized carbons (Fsp3) is 0.308. The first kappa shape index (κ1) is 14.3. The molecule has 1 rings (SSSR count). The molecule has 18 heavy (non-hydrogen) atoms. The first-order valence-corrected chi connectivity index (χ1v) is 5.31. The molecule has 0 aliphatic carbocycles. The molecule has 0 heterocycles. The van der Waals surface area contributed by atoms with Crippen molar-refractivity contribution in [3.8, 4) is 0 Å². The molecule has 0 aromatic heterocycles. The summed E-state index contributed by atoms with van der Waals surface area (Å²) in [6, 6.07) is 8.92. The average Bonchev–Trinajstić information content (AvgIpc) is 2.25. The lowest BCUT2D eigenvalue weighted by Crippen LogP contribution is -2.09. The maximum absolute atomic E-state index is 12.0. The van der Waals surface area contributed by atoms with Crippen molar-refractivity contribution in [3.63, 3.8) is 0 Å². The lowest BCUT2D eigenvalue weighted by atomic mass is 10.2. The highest BCUT2D eigenvalue weighted by Gasteiger charge is 2.27. The van der Waals surface area contributed by atoms with Gasteiger partial charge in [0.1, 0.15) is 6.61 Å². The predicted molar refractivity (Wildman–Crippen MR) is 60.7 cm³/mol. The zero-order valence-corrected chi connectivity index (χ0v) is 9.83. The van der Waals surface area contributed by atoms with Crippen LogP contribution in [0.15, 0.2) is 42.0 Å². The molecule has 0 unspecified atom stereocenters. The van der Waals surface area contributed by atoms with E-state index in [9.17, 15) is 18.0 Å². The van der Waals surface area contributed by atoms with Gasteiger partial charge in [0.15, 0.2) is 0 Å². The maximum atomic E-state index is 12.0. The van der Waals surface area contributed by atoms with Crippen LogP contribution in [0.1, 0.15) is 18.9 Å². The molecule has 1 aromatic rings. The number of benzene rings is 1. The molecule has 0 atom stereocenters. The average molecular weight is 258 g/mol. The van der Waals surface area contributed by atoms with Gasteiger partial charge in [-0.1, -0.05) is 35.9 Å². The van der Waals surface area contributed by atoms with Crippen LogP contribution in [0.5, 0.6) is 0 Å². The van der Waals surface area contributed by atoms with Gasteiger partial charge in [0.25, 0.3) is 0 Å². The lowest BCUT2D eigenvalue weighted by molar-refractivity contribution is -0.139. The highest BCUT2D eigenvalue weighted by atomic mass is 19.4. The van der Waals surface area contributed by atoms with Crippen LogP contribution in [0.3, 0.4) is 0 Å². The van der Waals surface area contributed by atoms with Crippen molar-refractivity contribution in [1.82, 2.24) is 0 Å². The second-order valence-electron chi connectivity index (χ2n) is 3.88. The van der Waals surface area contributed by atoms with Gasteiger partial charge < -0.3 is 4.74 Å². The van der Waals surface area contributed by atoms with E-state index in [0.717, 1.165) is 11.6 Å².